The van der Waals surface area contributed by atoms with Gasteiger partial charge in [-0.25, -0.2) is 0 Å². The van der Waals surface area contributed by atoms with Crippen LogP contribution in [0.2, 0.25) is 0 Å². The Kier molecular flexibility index (Phi) is 4.66. The molecule has 0 radical (unpaired) electrons. The van der Waals surface area contributed by atoms with Crippen molar-refractivity contribution in [2.24, 2.45) is 5.92 Å². The van der Waals surface area contributed by atoms with Crippen LogP contribution in [0.4, 0.5) is 5.69 Å². The third kappa shape index (κ3) is 4.36. The normalized spacial score (nSPS) is 13.1. The Morgan fingerprint density at radius 2 is 2.07 bits per heavy atom. The summed E-state index contributed by atoms with van der Waals surface area (Å²) in [4.78, 5) is 0. The van der Waals surface area contributed by atoms with E-state index >= 15 is 0 Å². The number of aryl methyl sites for hydroxylation is 1. The van der Waals surface area contributed by atoms with Gasteiger partial charge in [-0.05, 0) is 32.6 Å². The van der Waals surface area contributed by atoms with Crippen molar-refractivity contribution in [2.75, 3.05) is 5.32 Å². The van der Waals surface area contributed by atoms with E-state index in [1.54, 1.807) is 0 Å². The van der Waals surface area contributed by atoms with Gasteiger partial charge in [0.25, 0.3) is 0 Å². The first-order valence-corrected chi connectivity index (χ1v) is 5.90. The van der Waals surface area contributed by atoms with Crippen molar-refractivity contribution in [3.8, 4) is 0 Å². The van der Waals surface area contributed by atoms with Crippen molar-refractivity contribution in [1.82, 2.24) is 9.78 Å². The van der Waals surface area contributed by atoms with E-state index in [0.29, 0.717) is 6.04 Å². The van der Waals surface area contributed by atoms with Crippen LogP contribution < -0.4 is 5.32 Å². The summed E-state index contributed by atoms with van der Waals surface area (Å²) in [5, 5.41) is 7.71. The highest BCUT2D eigenvalue weighted by Crippen LogP contribution is 2.12. The van der Waals surface area contributed by atoms with Crippen molar-refractivity contribution in [1.29, 1.82) is 0 Å². The van der Waals surface area contributed by atoms with Crippen LogP contribution in [0.1, 0.15) is 40.5 Å². The predicted octanol–water partition coefficient (Wildman–Crippen LogP) is 3.14. The molecule has 0 bridgehead atoms. The summed E-state index contributed by atoms with van der Waals surface area (Å²) in [6.07, 6.45) is 6.45. The van der Waals surface area contributed by atoms with Crippen LogP contribution >= 0.6 is 0 Å². The molecule has 0 aliphatic carbocycles. The molecule has 0 aromatic carbocycles. The van der Waals surface area contributed by atoms with E-state index < -0.39 is 0 Å². The lowest BCUT2D eigenvalue weighted by Gasteiger charge is -2.14. The average molecular weight is 209 g/mol. The van der Waals surface area contributed by atoms with Crippen LogP contribution in [-0.4, -0.2) is 15.8 Å². The van der Waals surface area contributed by atoms with Crippen molar-refractivity contribution in [3.63, 3.8) is 0 Å². The highest BCUT2D eigenvalue weighted by atomic mass is 15.3. The lowest BCUT2D eigenvalue weighted by atomic mass is 10.0. The Morgan fingerprint density at radius 1 is 1.33 bits per heavy atom. The molecular formula is C12H23N3. The molecule has 0 fully saturated rings. The lowest BCUT2D eigenvalue weighted by Crippen LogP contribution is -2.15. The molecule has 0 saturated heterocycles. The fraction of sp³-hybridized carbons (Fsp3) is 0.750. The third-order valence-electron chi connectivity index (χ3n) is 2.55. The number of hydrogen-bond donors (Lipinski definition) is 1. The zero-order valence-electron chi connectivity index (χ0n) is 10.3. The van der Waals surface area contributed by atoms with Crippen molar-refractivity contribution in [2.45, 2.75) is 53.1 Å². The fourth-order valence-electron chi connectivity index (χ4n) is 1.55. The van der Waals surface area contributed by atoms with Gasteiger partial charge >= 0.3 is 0 Å². The first-order chi connectivity index (χ1) is 7.11. The van der Waals surface area contributed by atoms with Gasteiger partial charge in [0, 0.05) is 18.8 Å². The van der Waals surface area contributed by atoms with Gasteiger partial charge in [-0.15, -0.1) is 0 Å². The minimum absolute atomic E-state index is 0.530. The molecule has 3 heteroatoms. The highest BCUT2D eigenvalue weighted by molar-refractivity contribution is 5.38. The molecule has 15 heavy (non-hydrogen) atoms. The van der Waals surface area contributed by atoms with Crippen LogP contribution in [-0.2, 0) is 6.54 Å². The van der Waals surface area contributed by atoms with E-state index in [4.69, 9.17) is 0 Å². The maximum absolute atomic E-state index is 4.24. The molecule has 86 valence electrons. The summed E-state index contributed by atoms with van der Waals surface area (Å²) < 4.78 is 1.94. The van der Waals surface area contributed by atoms with E-state index in [1.165, 1.54) is 12.8 Å². The fourth-order valence-corrected chi connectivity index (χ4v) is 1.55. The second kappa shape index (κ2) is 5.79. The Labute approximate surface area is 92.9 Å². The molecule has 1 aromatic rings. The highest BCUT2D eigenvalue weighted by Gasteiger charge is 2.04. The molecule has 0 amide bonds. The van der Waals surface area contributed by atoms with E-state index in [-0.39, 0.29) is 0 Å². The standard InChI is InChI=1S/C12H23N3/c1-5-15-9-12(8-13-15)14-11(4)7-6-10(2)3/h8-11,14H,5-7H2,1-4H3. The monoisotopic (exact) mass is 209 g/mol. The first-order valence-electron chi connectivity index (χ1n) is 5.90. The van der Waals surface area contributed by atoms with Crippen LogP contribution in [0.5, 0.6) is 0 Å². The Balaban J connectivity index is 2.33. The number of aromatic nitrogens is 2. The van der Waals surface area contributed by atoms with Crippen LogP contribution in [0.25, 0.3) is 0 Å². The number of hydrogen-bond acceptors (Lipinski definition) is 2. The van der Waals surface area contributed by atoms with Gasteiger partial charge in [0.15, 0.2) is 0 Å². The minimum atomic E-state index is 0.530. The molecule has 1 unspecified atom stereocenters. The van der Waals surface area contributed by atoms with Gasteiger partial charge in [-0.3, -0.25) is 4.68 Å². The lowest BCUT2D eigenvalue weighted by molar-refractivity contribution is 0.527. The zero-order chi connectivity index (χ0) is 11.3. The Hall–Kier alpha value is -0.990. The predicted molar refractivity (Wildman–Crippen MR) is 65.1 cm³/mol. The Bertz CT molecular complexity index is 278. The van der Waals surface area contributed by atoms with E-state index in [2.05, 4.69) is 44.3 Å². The molecule has 0 spiro atoms. The van der Waals surface area contributed by atoms with Gasteiger partial charge < -0.3 is 5.32 Å². The minimum Gasteiger partial charge on any atom is -0.380 e. The molecule has 0 saturated carbocycles. The van der Waals surface area contributed by atoms with E-state index in [0.717, 1.165) is 18.2 Å². The molecule has 1 aromatic heterocycles. The van der Waals surface area contributed by atoms with Crippen LogP contribution in [0.3, 0.4) is 0 Å². The maximum atomic E-state index is 4.24. The number of anilines is 1. The number of nitrogens with one attached hydrogen (secondary N) is 1. The quantitative estimate of drug-likeness (QED) is 0.780. The smallest absolute Gasteiger partial charge is 0.0728 e. The van der Waals surface area contributed by atoms with Crippen LogP contribution in [0.15, 0.2) is 12.4 Å². The molecule has 0 aliphatic heterocycles. The molecule has 0 aliphatic rings. The van der Waals surface area contributed by atoms with Crippen LogP contribution in [0, 0.1) is 5.92 Å². The van der Waals surface area contributed by atoms with Gasteiger partial charge in [0.2, 0.25) is 0 Å². The van der Waals surface area contributed by atoms with Gasteiger partial charge in [0.1, 0.15) is 0 Å². The average Bonchev–Trinajstić information content (AvgIpc) is 2.62. The molecule has 1 heterocycles. The second-order valence-corrected chi connectivity index (χ2v) is 4.60. The van der Waals surface area contributed by atoms with Crippen molar-refractivity contribution in [3.05, 3.63) is 12.4 Å². The SMILES string of the molecule is CCn1cc(NC(C)CCC(C)C)cn1. The molecule has 1 atom stereocenters. The molecule has 1 rings (SSSR count). The third-order valence-corrected chi connectivity index (χ3v) is 2.55. The zero-order valence-corrected chi connectivity index (χ0v) is 10.3. The summed E-state index contributed by atoms with van der Waals surface area (Å²) in [6.45, 7) is 9.79. The molecular weight excluding hydrogens is 186 g/mol. The summed E-state index contributed by atoms with van der Waals surface area (Å²) in [7, 11) is 0. The Morgan fingerprint density at radius 3 is 2.60 bits per heavy atom. The summed E-state index contributed by atoms with van der Waals surface area (Å²) >= 11 is 0. The molecule has 3 nitrogen and oxygen atoms in total. The maximum Gasteiger partial charge on any atom is 0.0728 e. The van der Waals surface area contributed by atoms with E-state index in [1.807, 2.05) is 10.9 Å². The molecule has 1 N–H and O–H groups in total. The summed E-state index contributed by atoms with van der Waals surface area (Å²) in [6, 6.07) is 0.530. The first kappa shape index (κ1) is 12.1. The van der Waals surface area contributed by atoms with Crippen molar-refractivity contribution >= 4 is 5.69 Å². The van der Waals surface area contributed by atoms with Gasteiger partial charge in [0.05, 0.1) is 11.9 Å². The second-order valence-electron chi connectivity index (χ2n) is 4.60. The summed E-state index contributed by atoms with van der Waals surface area (Å²) in [5.74, 6) is 0.785. The number of nitrogens with zero attached hydrogens (tertiary/aromatic N) is 2. The largest absolute Gasteiger partial charge is 0.380 e. The van der Waals surface area contributed by atoms with Crippen molar-refractivity contribution < 1.29 is 0 Å². The summed E-state index contributed by atoms with van der Waals surface area (Å²) in [5.41, 5.74) is 1.13. The number of rotatable bonds is 6. The van der Waals surface area contributed by atoms with Gasteiger partial charge in [-0.1, -0.05) is 13.8 Å². The topological polar surface area (TPSA) is 29.9 Å². The van der Waals surface area contributed by atoms with E-state index in [9.17, 15) is 0 Å². The van der Waals surface area contributed by atoms with Gasteiger partial charge in [-0.2, -0.15) is 5.10 Å².